The minimum atomic E-state index is -0.110. The monoisotopic (exact) mass is 210 g/mol. The van der Waals surface area contributed by atoms with Gasteiger partial charge in [0.15, 0.2) is 0 Å². The second-order valence-corrected chi connectivity index (χ2v) is 1.63. The summed E-state index contributed by atoms with van der Waals surface area (Å²) in [6, 6.07) is 9.29. The van der Waals surface area contributed by atoms with Gasteiger partial charge in [-0.2, -0.15) is 0 Å². The van der Waals surface area contributed by atoms with Crippen LogP contribution in [0.5, 0.6) is 0 Å². The molecule has 10 heavy (non-hydrogen) atoms. The van der Waals surface area contributed by atoms with E-state index in [0.717, 1.165) is 5.56 Å². The largest absolute Gasteiger partial charge is 2.00 e. The summed E-state index contributed by atoms with van der Waals surface area (Å²) in [6.07, 6.45) is 0. The molecule has 0 aromatic heterocycles. The third-order valence-electron chi connectivity index (χ3n) is 1.01. The van der Waals surface area contributed by atoms with Gasteiger partial charge in [0.05, 0.1) is 0 Å². The van der Waals surface area contributed by atoms with E-state index < -0.39 is 0 Å². The molecule has 1 nitrogen and oxygen atoms in total. The van der Waals surface area contributed by atoms with Crippen LogP contribution in [0.25, 0.3) is 0 Å². The Hall–Kier alpha value is 0.426. The van der Waals surface area contributed by atoms with Crippen molar-refractivity contribution in [3.05, 3.63) is 35.9 Å². The standard InChI is InChI=1S/C7H7O.BrH.Mg/c8-6-7-4-2-1-3-5-7;;/h1-5H,6H2;1H;/q-1;;+2/p-1. The summed E-state index contributed by atoms with van der Waals surface area (Å²) in [7, 11) is 0. The van der Waals surface area contributed by atoms with Gasteiger partial charge in [0.1, 0.15) is 0 Å². The SMILES string of the molecule is [Br-].[Mg+2].[O-]Cc1ccccc1. The maximum atomic E-state index is 10.1. The summed E-state index contributed by atoms with van der Waals surface area (Å²) in [5.41, 5.74) is 0.854. The Morgan fingerprint density at radius 2 is 1.60 bits per heavy atom. The summed E-state index contributed by atoms with van der Waals surface area (Å²) in [6.45, 7) is -0.110. The van der Waals surface area contributed by atoms with Crippen molar-refractivity contribution in [1.29, 1.82) is 0 Å². The van der Waals surface area contributed by atoms with E-state index in [1.54, 1.807) is 0 Å². The van der Waals surface area contributed by atoms with Gasteiger partial charge in [-0.3, -0.25) is 0 Å². The smallest absolute Gasteiger partial charge is 1.00 e. The molecule has 0 radical (unpaired) electrons. The third kappa shape index (κ3) is 4.27. The molecule has 0 saturated carbocycles. The van der Waals surface area contributed by atoms with Crippen molar-refractivity contribution in [2.75, 3.05) is 0 Å². The molecule has 0 fully saturated rings. The number of benzene rings is 1. The second kappa shape index (κ2) is 7.53. The van der Waals surface area contributed by atoms with E-state index in [1.165, 1.54) is 0 Å². The molecule has 0 spiro atoms. The van der Waals surface area contributed by atoms with Crippen molar-refractivity contribution in [3.8, 4) is 0 Å². The van der Waals surface area contributed by atoms with Gasteiger partial charge < -0.3 is 22.1 Å². The Balaban J connectivity index is 0. The fourth-order valence-electron chi connectivity index (χ4n) is 0.574. The summed E-state index contributed by atoms with van der Waals surface area (Å²) in [4.78, 5) is 0. The van der Waals surface area contributed by atoms with Crippen molar-refractivity contribution in [2.45, 2.75) is 6.61 Å². The first kappa shape index (κ1) is 13.0. The van der Waals surface area contributed by atoms with Crippen LogP contribution in [0.4, 0.5) is 0 Å². The molecule has 1 rings (SSSR count). The van der Waals surface area contributed by atoms with E-state index in [2.05, 4.69) is 0 Å². The Bertz CT molecular complexity index is 155. The third-order valence-corrected chi connectivity index (χ3v) is 1.01. The van der Waals surface area contributed by atoms with E-state index in [1.807, 2.05) is 30.3 Å². The van der Waals surface area contributed by atoms with Gasteiger partial charge in [-0.05, 0) is 0 Å². The number of hydrogen-bond donors (Lipinski definition) is 0. The van der Waals surface area contributed by atoms with Gasteiger partial charge in [0.2, 0.25) is 0 Å². The average molecular weight is 211 g/mol. The van der Waals surface area contributed by atoms with E-state index in [9.17, 15) is 5.11 Å². The van der Waals surface area contributed by atoms with E-state index >= 15 is 0 Å². The molecule has 1 aromatic rings. The van der Waals surface area contributed by atoms with Gasteiger partial charge in [-0.25, -0.2) is 0 Å². The maximum absolute atomic E-state index is 10.1. The number of rotatable bonds is 1. The van der Waals surface area contributed by atoms with E-state index in [4.69, 9.17) is 0 Å². The van der Waals surface area contributed by atoms with Gasteiger partial charge in [-0.15, -0.1) is 6.61 Å². The quantitative estimate of drug-likeness (QED) is 0.459. The Kier molecular flexibility index (Phi) is 9.83. The van der Waals surface area contributed by atoms with E-state index in [-0.39, 0.29) is 46.6 Å². The van der Waals surface area contributed by atoms with Gasteiger partial charge >= 0.3 is 23.1 Å². The molecule has 1 aromatic carbocycles. The molecule has 0 amide bonds. The predicted octanol–water partition coefficient (Wildman–Crippen LogP) is -2.83. The first-order valence-electron chi connectivity index (χ1n) is 2.55. The van der Waals surface area contributed by atoms with Crippen LogP contribution in [0.1, 0.15) is 5.56 Å². The molecular formula is C7H7BrMgO. The Morgan fingerprint density at radius 3 is 1.90 bits per heavy atom. The molecule has 3 heteroatoms. The van der Waals surface area contributed by atoms with Crippen LogP contribution in [0.3, 0.4) is 0 Å². The summed E-state index contributed by atoms with van der Waals surface area (Å²) in [5.74, 6) is 0. The predicted molar refractivity (Wildman–Crippen MR) is 35.9 cm³/mol. The minimum absolute atomic E-state index is 0. The summed E-state index contributed by atoms with van der Waals surface area (Å²) < 4.78 is 0. The van der Waals surface area contributed by atoms with Crippen molar-refractivity contribution in [3.63, 3.8) is 0 Å². The minimum Gasteiger partial charge on any atom is -1.00 e. The van der Waals surface area contributed by atoms with Crippen LogP contribution in [0.15, 0.2) is 30.3 Å². The number of hydrogen-bond acceptors (Lipinski definition) is 1. The van der Waals surface area contributed by atoms with Crippen molar-refractivity contribution in [2.24, 2.45) is 0 Å². The summed E-state index contributed by atoms with van der Waals surface area (Å²) >= 11 is 0. The second-order valence-electron chi connectivity index (χ2n) is 1.63. The molecule has 0 saturated heterocycles. The number of halogens is 1. The van der Waals surface area contributed by atoms with Crippen LogP contribution in [-0.4, -0.2) is 23.1 Å². The zero-order valence-electron chi connectivity index (χ0n) is 5.59. The van der Waals surface area contributed by atoms with Crippen molar-refractivity contribution < 1.29 is 22.1 Å². The molecule has 50 valence electrons. The molecule has 0 heterocycles. The molecule has 0 unspecified atom stereocenters. The van der Waals surface area contributed by atoms with Crippen molar-refractivity contribution >= 4 is 23.1 Å². The molecule has 0 N–H and O–H groups in total. The summed E-state index contributed by atoms with van der Waals surface area (Å²) in [5, 5.41) is 10.1. The molecular weight excluding hydrogens is 204 g/mol. The Labute approximate surface area is 87.4 Å². The normalized spacial score (nSPS) is 7.30. The maximum Gasteiger partial charge on any atom is 2.00 e. The van der Waals surface area contributed by atoms with Crippen LogP contribution in [0, 0.1) is 0 Å². The Morgan fingerprint density at radius 1 is 1.10 bits per heavy atom. The van der Waals surface area contributed by atoms with Crippen LogP contribution < -0.4 is 22.1 Å². The van der Waals surface area contributed by atoms with Crippen LogP contribution in [0.2, 0.25) is 0 Å². The van der Waals surface area contributed by atoms with Crippen molar-refractivity contribution in [1.82, 2.24) is 0 Å². The fraction of sp³-hybridized carbons (Fsp3) is 0.143. The fourth-order valence-corrected chi connectivity index (χ4v) is 0.574. The molecule has 0 bridgehead atoms. The topological polar surface area (TPSA) is 23.1 Å². The van der Waals surface area contributed by atoms with E-state index in [0.29, 0.717) is 0 Å². The molecule has 0 aliphatic carbocycles. The van der Waals surface area contributed by atoms with Gasteiger partial charge in [0.25, 0.3) is 0 Å². The van der Waals surface area contributed by atoms with Crippen LogP contribution >= 0.6 is 0 Å². The first-order valence-corrected chi connectivity index (χ1v) is 2.55. The molecule has 0 atom stereocenters. The first-order chi connectivity index (χ1) is 3.93. The van der Waals surface area contributed by atoms with Gasteiger partial charge in [-0.1, -0.05) is 35.9 Å². The molecule has 0 aliphatic heterocycles. The zero-order chi connectivity index (χ0) is 5.82. The molecule has 0 aliphatic rings. The zero-order valence-corrected chi connectivity index (χ0v) is 8.59. The van der Waals surface area contributed by atoms with Gasteiger partial charge in [0, 0.05) is 0 Å². The van der Waals surface area contributed by atoms with Crippen LogP contribution in [-0.2, 0) is 6.61 Å². The average Bonchev–Trinajstić information content (AvgIpc) is 1.90.